The highest BCUT2D eigenvalue weighted by atomic mass is 19.4. The van der Waals surface area contributed by atoms with Gasteiger partial charge in [0.2, 0.25) is 0 Å². The molecule has 2 N–H and O–H groups in total. The lowest BCUT2D eigenvalue weighted by molar-refractivity contribution is -0.137. The van der Waals surface area contributed by atoms with Crippen LogP contribution in [0.2, 0.25) is 0 Å². The number of amides is 1. The first-order valence-electron chi connectivity index (χ1n) is 11.6. The lowest BCUT2D eigenvalue weighted by Gasteiger charge is -2.29. The number of nitrogen functional groups attached to an aromatic ring is 1. The third kappa shape index (κ3) is 3.81. The van der Waals surface area contributed by atoms with Gasteiger partial charge in [-0.15, -0.1) is 0 Å². The second-order valence-corrected chi connectivity index (χ2v) is 9.31. The van der Waals surface area contributed by atoms with E-state index in [-0.39, 0.29) is 24.6 Å². The highest BCUT2D eigenvalue weighted by Crippen LogP contribution is 2.42. The molecule has 37 heavy (non-hydrogen) atoms. The van der Waals surface area contributed by atoms with Crippen molar-refractivity contribution in [2.45, 2.75) is 38.3 Å². The van der Waals surface area contributed by atoms with Gasteiger partial charge in [0.1, 0.15) is 11.6 Å². The summed E-state index contributed by atoms with van der Waals surface area (Å²) in [5.74, 6) is -1.14. The van der Waals surface area contributed by atoms with E-state index in [1.807, 2.05) is 0 Å². The Balaban J connectivity index is 1.47. The Labute approximate surface area is 208 Å². The smallest absolute Gasteiger partial charge is 0.383 e. The topological polar surface area (TPSA) is 86.3 Å². The van der Waals surface area contributed by atoms with Crippen LogP contribution in [-0.2, 0) is 37.6 Å². The maximum atomic E-state index is 15.4. The summed E-state index contributed by atoms with van der Waals surface area (Å²) >= 11 is 0. The number of anilines is 2. The molecule has 2 aromatic carbocycles. The van der Waals surface area contributed by atoms with Crippen LogP contribution in [-0.4, -0.2) is 20.7 Å². The maximum absolute atomic E-state index is 15.4. The van der Waals surface area contributed by atoms with Gasteiger partial charge in [0, 0.05) is 30.3 Å². The number of hydrogen-bond donors (Lipinski definition) is 1. The lowest BCUT2D eigenvalue weighted by atomic mass is 10.00. The van der Waals surface area contributed by atoms with E-state index in [1.165, 1.54) is 34.0 Å². The summed E-state index contributed by atoms with van der Waals surface area (Å²) in [5.41, 5.74) is 8.39. The van der Waals surface area contributed by atoms with Crippen LogP contribution in [0.25, 0.3) is 10.9 Å². The predicted octanol–water partition coefficient (Wildman–Crippen LogP) is 5.07. The molecule has 0 saturated carbocycles. The number of pyridine rings is 1. The number of aryl methyl sites for hydroxylation is 2. The zero-order chi connectivity index (χ0) is 26.1. The number of carbonyl (C=O) groups is 1. The molecule has 6 rings (SSSR count). The van der Waals surface area contributed by atoms with Crippen molar-refractivity contribution < 1.29 is 27.1 Å². The molecule has 0 radical (unpaired) electrons. The number of fused-ring (bicyclic) bond motifs is 4. The number of benzene rings is 2. The van der Waals surface area contributed by atoms with E-state index >= 15 is 4.39 Å². The fourth-order valence-corrected chi connectivity index (χ4v) is 5.30. The molecule has 0 spiro atoms. The van der Waals surface area contributed by atoms with Crippen molar-refractivity contribution in [1.29, 1.82) is 0 Å². The number of nitrogens with zero attached hydrogens (tertiary/aromatic N) is 4. The van der Waals surface area contributed by atoms with Crippen LogP contribution in [0.5, 0.6) is 0 Å². The molecular formula is C26H21F4N5O2. The number of hydrogen-bond acceptors (Lipinski definition) is 5. The number of carbonyl (C=O) groups excluding carboxylic acids is 1. The van der Waals surface area contributed by atoms with Gasteiger partial charge in [-0.25, -0.2) is 9.37 Å². The van der Waals surface area contributed by atoms with Crippen LogP contribution in [0, 0.1) is 5.82 Å². The molecule has 3 heterocycles. The van der Waals surface area contributed by atoms with Crippen molar-refractivity contribution in [3.05, 3.63) is 81.9 Å². The van der Waals surface area contributed by atoms with E-state index in [2.05, 4.69) is 10.1 Å². The molecule has 0 unspecified atom stereocenters. The molecule has 0 saturated heterocycles. The number of nitrogens with two attached hydrogens (primary N) is 1. The van der Waals surface area contributed by atoms with Crippen LogP contribution in [0.15, 0.2) is 42.7 Å². The van der Waals surface area contributed by atoms with Crippen molar-refractivity contribution in [3.8, 4) is 0 Å². The van der Waals surface area contributed by atoms with Crippen molar-refractivity contribution in [3.63, 3.8) is 0 Å². The molecule has 0 fully saturated rings. The standard InChI is InChI=1S/C26H21F4N5O2/c1-34-10-15(9-32-34)35(23-5-2-13-6-14(26(28,29)30)3-4-16(13)23)25(36)18-7-17-19-11-37-12-20(19)24(31)33-22(17)8-21(18)27/h3-4,6-10,23H,2,5,11-12H2,1H3,(H2,31,33)/t23-/m1/s1. The van der Waals surface area contributed by atoms with Gasteiger partial charge in [-0.1, -0.05) is 6.07 Å². The van der Waals surface area contributed by atoms with E-state index < -0.39 is 29.5 Å². The highest BCUT2D eigenvalue weighted by molar-refractivity contribution is 6.09. The number of halogens is 4. The van der Waals surface area contributed by atoms with Crippen LogP contribution >= 0.6 is 0 Å². The Morgan fingerprint density at radius 1 is 1.19 bits per heavy atom. The molecular weight excluding hydrogens is 490 g/mol. The van der Waals surface area contributed by atoms with Crippen molar-refractivity contribution in [1.82, 2.24) is 14.8 Å². The Hall–Kier alpha value is -3.99. The summed E-state index contributed by atoms with van der Waals surface area (Å²) in [6.45, 7) is 0.549. The Kier molecular flexibility index (Phi) is 5.23. The highest BCUT2D eigenvalue weighted by Gasteiger charge is 2.37. The van der Waals surface area contributed by atoms with E-state index in [0.29, 0.717) is 46.1 Å². The first kappa shape index (κ1) is 23.4. The van der Waals surface area contributed by atoms with Crippen LogP contribution < -0.4 is 10.6 Å². The summed E-state index contributed by atoms with van der Waals surface area (Å²) in [6, 6.07) is 5.58. The Morgan fingerprint density at radius 2 is 1.97 bits per heavy atom. The van der Waals surface area contributed by atoms with Gasteiger partial charge < -0.3 is 10.5 Å². The number of ether oxygens (including phenoxy) is 1. The van der Waals surface area contributed by atoms with Crippen LogP contribution in [0.4, 0.5) is 29.1 Å². The summed E-state index contributed by atoms with van der Waals surface area (Å²) in [7, 11) is 1.68. The van der Waals surface area contributed by atoms with Gasteiger partial charge in [-0.2, -0.15) is 18.3 Å². The van der Waals surface area contributed by atoms with Gasteiger partial charge in [0.15, 0.2) is 0 Å². The quantitative estimate of drug-likeness (QED) is 0.388. The lowest BCUT2D eigenvalue weighted by Crippen LogP contribution is -2.34. The fraction of sp³-hybridized carbons (Fsp3) is 0.269. The second kappa shape index (κ2) is 8.27. The minimum atomic E-state index is -4.47. The average molecular weight is 511 g/mol. The van der Waals surface area contributed by atoms with Gasteiger partial charge in [0.05, 0.1) is 47.8 Å². The number of rotatable bonds is 3. The molecule has 1 amide bonds. The van der Waals surface area contributed by atoms with Crippen molar-refractivity contribution in [2.75, 3.05) is 10.6 Å². The SMILES string of the molecule is Cn1cc(N(C(=O)c2cc3c4c(c(N)nc3cc2F)COC4)[C@@H]2CCc3cc(C(F)(F)F)ccc32)cn1. The van der Waals surface area contributed by atoms with Gasteiger partial charge in [-0.05, 0) is 47.7 Å². The van der Waals surface area contributed by atoms with Crippen molar-refractivity contribution in [2.24, 2.45) is 7.05 Å². The largest absolute Gasteiger partial charge is 0.416 e. The zero-order valence-corrected chi connectivity index (χ0v) is 19.6. The zero-order valence-electron chi connectivity index (χ0n) is 19.6. The van der Waals surface area contributed by atoms with Gasteiger partial charge >= 0.3 is 6.18 Å². The summed E-state index contributed by atoms with van der Waals surface area (Å²) in [6.07, 6.45) is -0.642. The molecule has 7 nitrogen and oxygen atoms in total. The molecule has 2 aliphatic rings. The minimum Gasteiger partial charge on any atom is -0.383 e. The normalized spacial score (nSPS) is 16.7. The molecule has 0 bridgehead atoms. The number of alkyl halides is 3. The molecule has 4 aromatic rings. The van der Waals surface area contributed by atoms with Crippen LogP contribution in [0.3, 0.4) is 0 Å². The van der Waals surface area contributed by atoms with E-state index in [9.17, 15) is 18.0 Å². The predicted molar refractivity (Wildman–Crippen MR) is 127 cm³/mol. The molecule has 11 heteroatoms. The molecule has 190 valence electrons. The first-order chi connectivity index (χ1) is 17.6. The second-order valence-electron chi connectivity index (χ2n) is 9.31. The molecule has 1 aliphatic heterocycles. The monoisotopic (exact) mass is 511 g/mol. The summed E-state index contributed by atoms with van der Waals surface area (Å²) < 4.78 is 62.3. The van der Waals surface area contributed by atoms with Crippen LogP contribution in [0.1, 0.15) is 50.6 Å². The van der Waals surface area contributed by atoms with Gasteiger partial charge in [0.25, 0.3) is 5.91 Å². The van der Waals surface area contributed by atoms with Gasteiger partial charge in [-0.3, -0.25) is 14.4 Å². The third-order valence-corrected chi connectivity index (χ3v) is 7.06. The Bertz CT molecular complexity index is 1580. The Morgan fingerprint density at radius 3 is 2.70 bits per heavy atom. The van der Waals surface area contributed by atoms with E-state index in [1.54, 1.807) is 13.2 Å². The minimum absolute atomic E-state index is 0.183. The van der Waals surface area contributed by atoms with E-state index in [4.69, 9.17) is 10.5 Å². The first-order valence-corrected chi connectivity index (χ1v) is 11.6. The summed E-state index contributed by atoms with van der Waals surface area (Å²) in [4.78, 5) is 19.7. The van der Waals surface area contributed by atoms with E-state index in [0.717, 1.165) is 17.7 Å². The average Bonchev–Trinajstić information content (AvgIpc) is 3.59. The third-order valence-electron chi connectivity index (χ3n) is 7.06. The fourth-order valence-electron chi connectivity index (χ4n) is 5.30. The van der Waals surface area contributed by atoms with Crippen molar-refractivity contribution >= 4 is 28.3 Å². The maximum Gasteiger partial charge on any atom is 0.416 e. The molecule has 1 aliphatic carbocycles. The molecule has 1 atom stereocenters. The molecule has 2 aromatic heterocycles. The summed E-state index contributed by atoms with van der Waals surface area (Å²) in [5, 5.41) is 4.73. The number of aromatic nitrogens is 3.